The molecule has 0 radical (unpaired) electrons. The van der Waals surface area contributed by atoms with Gasteiger partial charge in [-0.2, -0.15) is 4.31 Å². The third kappa shape index (κ3) is 4.67. The molecule has 4 rings (SSSR count). The van der Waals surface area contributed by atoms with Crippen molar-refractivity contribution in [1.82, 2.24) is 9.62 Å². The molecule has 1 amide bonds. The zero-order valence-corrected chi connectivity index (χ0v) is 17.5. The summed E-state index contributed by atoms with van der Waals surface area (Å²) in [5.74, 6) is -0.237. The Bertz CT molecular complexity index is 1090. The molecule has 0 atom stereocenters. The number of ether oxygens (including phenoxy) is 1. The van der Waals surface area contributed by atoms with Crippen molar-refractivity contribution < 1.29 is 17.9 Å². The van der Waals surface area contributed by atoms with E-state index in [0.717, 1.165) is 15.6 Å². The van der Waals surface area contributed by atoms with Crippen molar-refractivity contribution in [3.63, 3.8) is 0 Å². The zero-order chi connectivity index (χ0) is 20.3. The van der Waals surface area contributed by atoms with Crippen LogP contribution in [-0.4, -0.2) is 44.9 Å². The van der Waals surface area contributed by atoms with Crippen molar-refractivity contribution in [2.24, 2.45) is 0 Å². The van der Waals surface area contributed by atoms with E-state index < -0.39 is 10.0 Å². The first-order valence-electron chi connectivity index (χ1n) is 9.42. The van der Waals surface area contributed by atoms with E-state index in [-0.39, 0.29) is 18.2 Å². The van der Waals surface area contributed by atoms with Gasteiger partial charge in [0.15, 0.2) is 0 Å². The Morgan fingerprint density at radius 2 is 1.72 bits per heavy atom. The molecule has 1 aliphatic heterocycles. The summed E-state index contributed by atoms with van der Waals surface area (Å²) < 4.78 is 33.3. The molecule has 1 aromatic heterocycles. The molecule has 2 aromatic carbocycles. The summed E-state index contributed by atoms with van der Waals surface area (Å²) in [6.07, 6.45) is 0. The van der Waals surface area contributed by atoms with Crippen LogP contribution >= 0.6 is 11.3 Å². The molecule has 1 N–H and O–H groups in total. The largest absolute Gasteiger partial charge is 0.379 e. The maximum absolute atomic E-state index is 12.8. The number of benzene rings is 2. The third-order valence-electron chi connectivity index (χ3n) is 4.91. The topological polar surface area (TPSA) is 75.7 Å². The van der Waals surface area contributed by atoms with Gasteiger partial charge >= 0.3 is 0 Å². The summed E-state index contributed by atoms with van der Waals surface area (Å²) in [5, 5.41) is 3.97. The van der Waals surface area contributed by atoms with E-state index in [1.165, 1.54) is 15.6 Å². The minimum atomic E-state index is -3.42. The van der Waals surface area contributed by atoms with Gasteiger partial charge in [0, 0.05) is 24.3 Å². The van der Waals surface area contributed by atoms with E-state index in [0.29, 0.717) is 36.7 Å². The lowest BCUT2D eigenvalue weighted by molar-refractivity contribution is 0.0729. The number of hydrogen-bond donors (Lipinski definition) is 1. The molecule has 1 fully saturated rings. The highest BCUT2D eigenvalue weighted by atomic mass is 32.2. The summed E-state index contributed by atoms with van der Waals surface area (Å²) in [5.41, 5.74) is 1.51. The number of sulfonamides is 1. The Labute approximate surface area is 174 Å². The lowest BCUT2D eigenvalue weighted by Crippen LogP contribution is -2.41. The molecule has 0 aliphatic carbocycles. The quantitative estimate of drug-likeness (QED) is 0.652. The Morgan fingerprint density at radius 3 is 2.48 bits per heavy atom. The van der Waals surface area contributed by atoms with Crippen LogP contribution in [0.25, 0.3) is 10.1 Å². The van der Waals surface area contributed by atoms with Gasteiger partial charge in [0.1, 0.15) is 0 Å². The van der Waals surface area contributed by atoms with E-state index in [1.54, 1.807) is 6.07 Å². The van der Waals surface area contributed by atoms with Gasteiger partial charge in [0.05, 0.1) is 23.8 Å². The molecule has 8 heteroatoms. The van der Waals surface area contributed by atoms with Crippen molar-refractivity contribution in [3.05, 3.63) is 70.6 Å². The number of nitrogens with one attached hydrogen (secondary N) is 1. The van der Waals surface area contributed by atoms with Crippen LogP contribution in [0.4, 0.5) is 0 Å². The number of thiophene rings is 1. The first-order chi connectivity index (χ1) is 14.0. The molecule has 0 spiro atoms. The second kappa shape index (κ2) is 8.62. The van der Waals surface area contributed by atoms with Crippen molar-refractivity contribution in [3.8, 4) is 0 Å². The Kier molecular flexibility index (Phi) is 5.96. The normalized spacial score (nSPS) is 15.4. The van der Waals surface area contributed by atoms with E-state index in [9.17, 15) is 13.2 Å². The number of fused-ring (bicyclic) bond motifs is 1. The average Bonchev–Trinajstić information content (AvgIpc) is 3.18. The van der Waals surface area contributed by atoms with Crippen LogP contribution in [0.15, 0.2) is 54.6 Å². The smallest absolute Gasteiger partial charge is 0.261 e. The molecule has 6 nitrogen and oxygen atoms in total. The number of carbonyl (C=O) groups is 1. The van der Waals surface area contributed by atoms with E-state index in [1.807, 2.05) is 48.5 Å². The molecule has 2 heterocycles. The highest BCUT2D eigenvalue weighted by Crippen LogP contribution is 2.25. The molecule has 0 saturated carbocycles. The van der Waals surface area contributed by atoms with Gasteiger partial charge in [-0.3, -0.25) is 4.79 Å². The fourth-order valence-electron chi connectivity index (χ4n) is 3.34. The highest BCUT2D eigenvalue weighted by molar-refractivity contribution is 7.88. The minimum absolute atomic E-state index is 0.0814. The van der Waals surface area contributed by atoms with Gasteiger partial charge in [-0.15, -0.1) is 11.3 Å². The molecule has 3 aromatic rings. The number of carbonyl (C=O) groups excluding carboxylic acids is 1. The Hall–Kier alpha value is -2.26. The van der Waals surface area contributed by atoms with Crippen LogP contribution in [-0.2, 0) is 27.1 Å². The number of nitrogens with zero attached hydrogens (tertiary/aromatic N) is 1. The monoisotopic (exact) mass is 430 g/mol. The third-order valence-corrected chi connectivity index (χ3v) is 7.85. The lowest BCUT2D eigenvalue weighted by Gasteiger charge is -2.26. The van der Waals surface area contributed by atoms with Crippen LogP contribution in [0.2, 0.25) is 0 Å². The van der Waals surface area contributed by atoms with Gasteiger partial charge in [-0.1, -0.05) is 42.5 Å². The van der Waals surface area contributed by atoms with Gasteiger partial charge in [0.2, 0.25) is 10.0 Å². The fraction of sp³-hybridized carbons (Fsp3) is 0.286. The molecular weight excluding hydrogens is 408 g/mol. The van der Waals surface area contributed by atoms with Crippen LogP contribution in [0.3, 0.4) is 0 Å². The SMILES string of the molecule is O=C(NCc1ccccc1CS(=O)(=O)N1CCOCC1)c1cc2ccccc2s1. The molecule has 152 valence electrons. The van der Waals surface area contributed by atoms with Crippen LogP contribution in [0.1, 0.15) is 20.8 Å². The Balaban J connectivity index is 1.46. The number of rotatable bonds is 6. The van der Waals surface area contributed by atoms with E-state index in [2.05, 4.69) is 5.32 Å². The predicted octanol–water partition coefficient (Wildman–Crippen LogP) is 2.99. The summed E-state index contributed by atoms with van der Waals surface area (Å²) in [7, 11) is -3.42. The van der Waals surface area contributed by atoms with Crippen LogP contribution < -0.4 is 5.32 Å². The minimum Gasteiger partial charge on any atom is -0.379 e. The maximum Gasteiger partial charge on any atom is 0.261 e. The predicted molar refractivity (Wildman–Crippen MR) is 114 cm³/mol. The summed E-state index contributed by atoms with van der Waals surface area (Å²) in [4.78, 5) is 13.2. The average molecular weight is 431 g/mol. The molecule has 1 saturated heterocycles. The molecule has 29 heavy (non-hydrogen) atoms. The van der Waals surface area contributed by atoms with E-state index in [4.69, 9.17) is 4.74 Å². The fourth-order valence-corrected chi connectivity index (χ4v) is 5.88. The standard InChI is InChI=1S/C21H22N2O4S2/c24-21(20-13-16-5-3-4-8-19(16)28-20)22-14-17-6-1-2-7-18(17)15-29(25,26)23-9-11-27-12-10-23/h1-8,13H,9-12,14-15H2,(H,22,24). The summed E-state index contributed by atoms with van der Waals surface area (Å²) >= 11 is 1.45. The molecule has 1 aliphatic rings. The number of morpholine rings is 1. The molecular formula is C21H22N2O4S2. The molecule has 0 unspecified atom stereocenters. The van der Waals surface area contributed by atoms with Crippen molar-refractivity contribution in [2.75, 3.05) is 26.3 Å². The number of hydrogen-bond acceptors (Lipinski definition) is 5. The van der Waals surface area contributed by atoms with Crippen molar-refractivity contribution in [1.29, 1.82) is 0 Å². The van der Waals surface area contributed by atoms with Gasteiger partial charge in [-0.25, -0.2) is 8.42 Å². The first-order valence-corrected chi connectivity index (χ1v) is 11.8. The maximum atomic E-state index is 12.8. The summed E-state index contributed by atoms with van der Waals surface area (Å²) in [6.45, 7) is 1.89. The van der Waals surface area contributed by atoms with Gasteiger partial charge in [0.25, 0.3) is 5.91 Å². The van der Waals surface area contributed by atoms with E-state index >= 15 is 0 Å². The Morgan fingerprint density at radius 1 is 1.03 bits per heavy atom. The second-order valence-electron chi connectivity index (χ2n) is 6.87. The van der Waals surface area contributed by atoms with Crippen molar-refractivity contribution >= 4 is 37.4 Å². The number of amides is 1. The molecule has 0 bridgehead atoms. The first kappa shape index (κ1) is 20.0. The lowest BCUT2D eigenvalue weighted by atomic mass is 10.1. The van der Waals surface area contributed by atoms with Gasteiger partial charge in [-0.05, 0) is 28.6 Å². The highest BCUT2D eigenvalue weighted by Gasteiger charge is 2.25. The zero-order valence-electron chi connectivity index (χ0n) is 15.8. The van der Waals surface area contributed by atoms with Gasteiger partial charge < -0.3 is 10.1 Å². The summed E-state index contributed by atoms with van der Waals surface area (Å²) in [6, 6.07) is 17.1. The van der Waals surface area contributed by atoms with Crippen LogP contribution in [0, 0.1) is 0 Å². The second-order valence-corrected chi connectivity index (χ2v) is 9.92. The van der Waals surface area contributed by atoms with Crippen LogP contribution in [0.5, 0.6) is 0 Å². The van der Waals surface area contributed by atoms with Crippen molar-refractivity contribution in [2.45, 2.75) is 12.3 Å².